The molecule has 3 aromatic rings. The number of benzene rings is 2. The van der Waals surface area contributed by atoms with Gasteiger partial charge in [-0.15, -0.1) is 11.3 Å². The quantitative estimate of drug-likeness (QED) is 0.394. The van der Waals surface area contributed by atoms with Crippen LogP contribution in [0.25, 0.3) is 23.4 Å². The molecule has 0 saturated heterocycles. The third-order valence-electron chi connectivity index (χ3n) is 3.33. The van der Waals surface area contributed by atoms with Gasteiger partial charge in [0.15, 0.2) is 0 Å². The summed E-state index contributed by atoms with van der Waals surface area (Å²) in [7, 11) is 0. The number of rotatable bonds is 4. The summed E-state index contributed by atoms with van der Waals surface area (Å²) in [6, 6.07) is 22.1. The van der Waals surface area contributed by atoms with Crippen LogP contribution in [0.3, 0.4) is 0 Å². The van der Waals surface area contributed by atoms with Gasteiger partial charge in [0.25, 0.3) is 0 Å². The highest BCUT2D eigenvalue weighted by Crippen LogP contribution is 2.26. The Hall–Kier alpha value is -2.48. The molecule has 0 fully saturated rings. The van der Waals surface area contributed by atoms with Gasteiger partial charge in [-0.3, -0.25) is 0 Å². The molecule has 0 aliphatic rings. The van der Waals surface area contributed by atoms with Gasteiger partial charge in [-0.1, -0.05) is 60.7 Å². The van der Waals surface area contributed by atoms with Crippen molar-refractivity contribution in [1.82, 2.24) is 4.98 Å². The number of nitrogens with zero attached hydrogens (tertiary/aromatic N) is 2. The minimum absolute atomic E-state index is 0.549. The van der Waals surface area contributed by atoms with E-state index in [1.165, 1.54) is 11.3 Å². The average Bonchev–Trinajstić information content (AvgIpc) is 3.10. The van der Waals surface area contributed by atoms with Gasteiger partial charge >= 0.3 is 0 Å². The lowest BCUT2D eigenvalue weighted by Gasteiger charge is -1.98. The van der Waals surface area contributed by atoms with Crippen molar-refractivity contribution in [2.75, 3.05) is 0 Å². The van der Waals surface area contributed by atoms with Crippen molar-refractivity contribution in [1.29, 1.82) is 5.26 Å². The second kappa shape index (κ2) is 7.87. The molecule has 0 aliphatic heterocycles. The van der Waals surface area contributed by atoms with Crippen LogP contribution in [0, 0.1) is 11.3 Å². The van der Waals surface area contributed by atoms with Gasteiger partial charge < -0.3 is 0 Å². The van der Waals surface area contributed by atoms with E-state index in [0.29, 0.717) is 5.57 Å². The molecule has 116 valence electrons. The van der Waals surface area contributed by atoms with Crippen LogP contribution in [-0.2, 0) is 0 Å². The topological polar surface area (TPSA) is 36.7 Å². The predicted molar refractivity (Wildman–Crippen MR) is 104 cm³/mol. The Morgan fingerprint density at radius 1 is 1.00 bits per heavy atom. The Bertz CT molecular complexity index is 919. The number of halogens is 1. The van der Waals surface area contributed by atoms with Gasteiger partial charge in [0.1, 0.15) is 11.1 Å². The SMILES string of the molecule is N#CC(=C\c1nc(-c2ccccc2)cs1)/C(Br)=C/c1ccccc1. The largest absolute Gasteiger partial charge is 0.237 e. The molecule has 24 heavy (non-hydrogen) atoms. The zero-order valence-electron chi connectivity index (χ0n) is 12.7. The lowest BCUT2D eigenvalue weighted by molar-refractivity contribution is 1.38. The highest BCUT2D eigenvalue weighted by Gasteiger charge is 2.06. The first kappa shape index (κ1) is 16.4. The normalized spacial score (nSPS) is 12.0. The molecule has 3 rings (SSSR count). The fourth-order valence-electron chi connectivity index (χ4n) is 2.15. The summed E-state index contributed by atoms with van der Waals surface area (Å²) in [4.78, 5) is 4.60. The van der Waals surface area contributed by atoms with E-state index in [2.05, 4.69) is 27.0 Å². The number of aromatic nitrogens is 1. The highest BCUT2D eigenvalue weighted by atomic mass is 79.9. The van der Waals surface area contributed by atoms with E-state index < -0.39 is 0 Å². The van der Waals surface area contributed by atoms with Gasteiger partial charge in [0.2, 0.25) is 0 Å². The van der Waals surface area contributed by atoms with Crippen molar-refractivity contribution >= 4 is 39.4 Å². The van der Waals surface area contributed by atoms with E-state index in [0.717, 1.165) is 26.3 Å². The lowest BCUT2D eigenvalue weighted by Crippen LogP contribution is -1.82. The van der Waals surface area contributed by atoms with Crippen LogP contribution in [0.1, 0.15) is 10.6 Å². The number of hydrogen-bond donors (Lipinski definition) is 0. The van der Waals surface area contributed by atoms with Crippen molar-refractivity contribution in [3.05, 3.63) is 86.7 Å². The summed E-state index contributed by atoms with van der Waals surface area (Å²) in [6.45, 7) is 0. The van der Waals surface area contributed by atoms with Gasteiger partial charge in [0.05, 0.1) is 11.3 Å². The lowest BCUT2D eigenvalue weighted by atomic mass is 10.1. The number of thiazole rings is 1. The van der Waals surface area contributed by atoms with E-state index >= 15 is 0 Å². The van der Waals surface area contributed by atoms with E-state index in [1.54, 1.807) is 6.08 Å². The van der Waals surface area contributed by atoms with Crippen molar-refractivity contribution in [2.24, 2.45) is 0 Å². The number of nitriles is 1. The Morgan fingerprint density at radius 3 is 2.33 bits per heavy atom. The smallest absolute Gasteiger partial charge is 0.118 e. The third kappa shape index (κ3) is 4.08. The summed E-state index contributed by atoms with van der Waals surface area (Å²) in [6.07, 6.45) is 3.74. The molecule has 2 nitrogen and oxygen atoms in total. The van der Waals surface area contributed by atoms with Gasteiger partial charge in [-0.25, -0.2) is 4.98 Å². The molecular weight excluding hydrogens is 380 g/mol. The summed E-state index contributed by atoms with van der Waals surface area (Å²) in [5.74, 6) is 0. The van der Waals surface area contributed by atoms with Crippen molar-refractivity contribution in [3.8, 4) is 17.3 Å². The molecule has 2 aromatic carbocycles. The predicted octanol–water partition coefficient (Wildman–Crippen LogP) is 6.15. The molecule has 0 amide bonds. The van der Waals surface area contributed by atoms with Gasteiger partial charge in [-0.05, 0) is 33.6 Å². The Morgan fingerprint density at radius 2 is 1.67 bits per heavy atom. The maximum atomic E-state index is 9.45. The average molecular weight is 393 g/mol. The summed E-state index contributed by atoms with van der Waals surface area (Å²) in [5.41, 5.74) is 3.58. The standard InChI is InChI=1S/C20H13BrN2S/c21-18(11-15-7-3-1-4-8-15)17(13-22)12-20-23-19(14-24-20)16-9-5-2-6-10-16/h1-12,14H/b17-12+,18-11-. The maximum Gasteiger partial charge on any atom is 0.118 e. The Kier molecular flexibility index (Phi) is 5.37. The van der Waals surface area contributed by atoms with Crippen molar-refractivity contribution in [2.45, 2.75) is 0 Å². The third-order valence-corrected chi connectivity index (χ3v) is 4.78. The molecule has 0 N–H and O–H groups in total. The Balaban J connectivity index is 1.88. The van der Waals surface area contributed by atoms with Crippen LogP contribution in [0.4, 0.5) is 0 Å². The van der Waals surface area contributed by atoms with E-state index in [9.17, 15) is 5.26 Å². The molecular formula is C20H13BrN2S. The monoisotopic (exact) mass is 392 g/mol. The van der Waals surface area contributed by atoms with Crippen molar-refractivity contribution in [3.63, 3.8) is 0 Å². The summed E-state index contributed by atoms with van der Waals surface area (Å²) >= 11 is 5.02. The molecule has 0 saturated carbocycles. The van der Waals surface area contributed by atoms with Gasteiger partial charge in [0, 0.05) is 15.4 Å². The summed E-state index contributed by atoms with van der Waals surface area (Å²) in [5, 5.41) is 12.3. The van der Waals surface area contributed by atoms with E-state index in [-0.39, 0.29) is 0 Å². The molecule has 0 radical (unpaired) electrons. The van der Waals surface area contributed by atoms with Crippen LogP contribution in [-0.4, -0.2) is 4.98 Å². The maximum absolute atomic E-state index is 9.45. The molecule has 0 unspecified atom stereocenters. The first-order valence-corrected chi connectivity index (χ1v) is 8.99. The van der Waals surface area contributed by atoms with Crippen LogP contribution < -0.4 is 0 Å². The molecule has 1 heterocycles. The highest BCUT2D eigenvalue weighted by molar-refractivity contribution is 9.12. The zero-order valence-corrected chi connectivity index (χ0v) is 15.1. The van der Waals surface area contributed by atoms with Crippen LogP contribution in [0.2, 0.25) is 0 Å². The van der Waals surface area contributed by atoms with Crippen LogP contribution in [0.5, 0.6) is 0 Å². The fraction of sp³-hybridized carbons (Fsp3) is 0. The van der Waals surface area contributed by atoms with Gasteiger partial charge in [-0.2, -0.15) is 5.26 Å². The first-order chi connectivity index (χ1) is 11.8. The fourth-order valence-corrected chi connectivity index (χ4v) is 3.37. The van der Waals surface area contributed by atoms with Crippen LogP contribution >= 0.6 is 27.3 Å². The molecule has 0 atom stereocenters. The van der Waals surface area contributed by atoms with E-state index in [4.69, 9.17) is 0 Å². The molecule has 0 aliphatic carbocycles. The second-order valence-corrected chi connectivity index (χ2v) is 6.75. The second-order valence-electron chi connectivity index (χ2n) is 5.01. The minimum Gasteiger partial charge on any atom is -0.237 e. The number of allylic oxidation sites excluding steroid dienone is 2. The molecule has 4 heteroatoms. The summed E-state index contributed by atoms with van der Waals surface area (Å²) < 4.78 is 0.743. The minimum atomic E-state index is 0.549. The molecule has 1 aromatic heterocycles. The zero-order chi connectivity index (χ0) is 16.8. The van der Waals surface area contributed by atoms with E-state index in [1.807, 2.05) is 72.1 Å². The molecule has 0 bridgehead atoms. The number of hydrogen-bond acceptors (Lipinski definition) is 3. The first-order valence-electron chi connectivity index (χ1n) is 7.31. The molecule has 0 spiro atoms. The van der Waals surface area contributed by atoms with Crippen LogP contribution in [0.15, 0.2) is 76.1 Å². The Labute approximate surface area is 153 Å². The van der Waals surface area contributed by atoms with Crippen molar-refractivity contribution < 1.29 is 0 Å².